The molecule has 0 fully saturated rings. The molecule has 0 heterocycles. The van der Waals surface area contributed by atoms with Crippen molar-refractivity contribution >= 4 is 23.4 Å². The second-order valence-electron chi connectivity index (χ2n) is 3.68. The van der Waals surface area contributed by atoms with E-state index in [1.807, 2.05) is 19.1 Å². The molecular weight excluding hydrogens is 262 g/mol. The van der Waals surface area contributed by atoms with E-state index in [1.165, 1.54) is 11.8 Å². The van der Waals surface area contributed by atoms with Crippen molar-refractivity contribution in [3.63, 3.8) is 0 Å². The van der Waals surface area contributed by atoms with Crippen LogP contribution in [0.5, 0.6) is 5.75 Å². The van der Waals surface area contributed by atoms with E-state index in [0.29, 0.717) is 25.3 Å². The number of nitriles is 1. The second-order valence-corrected chi connectivity index (χ2v) is 4.70. The lowest BCUT2D eigenvalue weighted by molar-refractivity contribution is -0.118. The molecule has 0 aliphatic rings. The molecule has 0 aliphatic carbocycles. The molecule has 0 bridgehead atoms. The van der Waals surface area contributed by atoms with Gasteiger partial charge in [-0.2, -0.15) is 5.26 Å². The van der Waals surface area contributed by atoms with Crippen LogP contribution in [0.4, 0.5) is 5.69 Å². The highest BCUT2D eigenvalue weighted by Crippen LogP contribution is 2.29. The number of nitrogens with one attached hydrogen (secondary N) is 1. The van der Waals surface area contributed by atoms with Crippen LogP contribution < -0.4 is 15.8 Å². The molecule has 5 nitrogen and oxygen atoms in total. The quantitative estimate of drug-likeness (QED) is 0.451. The Hall–Kier alpha value is -1.87. The van der Waals surface area contributed by atoms with Gasteiger partial charge in [-0.05, 0) is 25.1 Å². The fourth-order valence-corrected chi connectivity index (χ4v) is 2.17. The van der Waals surface area contributed by atoms with Crippen LogP contribution in [0.15, 0.2) is 23.1 Å². The SMILES string of the molecule is CCOc1ccc(N)c(SCC(=O)NCCC#N)c1. The third-order valence-electron chi connectivity index (χ3n) is 2.21. The number of amides is 1. The average molecular weight is 279 g/mol. The number of benzene rings is 1. The summed E-state index contributed by atoms with van der Waals surface area (Å²) in [5, 5.41) is 11.0. The Balaban J connectivity index is 2.50. The van der Waals surface area contributed by atoms with Gasteiger partial charge in [0.1, 0.15) is 5.75 Å². The Morgan fingerprint density at radius 3 is 3.05 bits per heavy atom. The first-order valence-corrected chi connectivity index (χ1v) is 6.94. The van der Waals surface area contributed by atoms with Crippen LogP contribution >= 0.6 is 11.8 Å². The van der Waals surface area contributed by atoms with E-state index >= 15 is 0 Å². The number of nitrogen functional groups attached to an aromatic ring is 1. The maximum atomic E-state index is 11.5. The van der Waals surface area contributed by atoms with Crippen molar-refractivity contribution in [3.8, 4) is 11.8 Å². The predicted molar refractivity (Wildman–Crippen MR) is 76.0 cm³/mol. The van der Waals surface area contributed by atoms with E-state index in [1.54, 1.807) is 12.1 Å². The number of rotatable bonds is 7. The van der Waals surface area contributed by atoms with E-state index in [2.05, 4.69) is 5.32 Å². The molecule has 1 aromatic rings. The Morgan fingerprint density at radius 2 is 2.37 bits per heavy atom. The summed E-state index contributed by atoms with van der Waals surface area (Å²) in [7, 11) is 0. The molecule has 0 saturated heterocycles. The Morgan fingerprint density at radius 1 is 1.58 bits per heavy atom. The first kappa shape index (κ1) is 15.2. The Kier molecular flexibility index (Phi) is 6.61. The van der Waals surface area contributed by atoms with Gasteiger partial charge >= 0.3 is 0 Å². The van der Waals surface area contributed by atoms with Gasteiger partial charge in [0, 0.05) is 17.1 Å². The first-order valence-electron chi connectivity index (χ1n) is 5.96. The van der Waals surface area contributed by atoms with Crippen LogP contribution in [-0.2, 0) is 4.79 Å². The maximum Gasteiger partial charge on any atom is 0.230 e. The number of thioether (sulfide) groups is 1. The lowest BCUT2D eigenvalue weighted by Crippen LogP contribution is -2.25. The molecule has 19 heavy (non-hydrogen) atoms. The van der Waals surface area contributed by atoms with Gasteiger partial charge in [0.25, 0.3) is 0 Å². The van der Waals surface area contributed by atoms with E-state index in [-0.39, 0.29) is 11.7 Å². The van der Waals surface area contributed by atoms with E-state index in [4.69, 9.17) is 15.7 Å². The highest BCUT2D eigenvalue weighted by Gasteiger charge is 2.06. The molecule has 0 saturated carbocycles. The number of hydrogen-bond donors (Lipinski definition) is 2. The van der Waals surface area contributed by atoms with Crippen molar-refractivity contribution in [1.29, 1.82) is 5.26 Å². The van der Waals surface area contributed by atoms with Gasteiger partial charge in [0.05, 0.1) is 24.8 Å². The highest BCUT2D eigenvalue weighted by atomic mass is 32.2. The zero-order valence-electron chi connectivity index (χ0n) is 10.8. The van der Waals surface area contributed by atoms with Crippen LogP contribution in [0.25, 0.3) is 0 Å². The minimum Gasteiger partial charge on any atom is -0.494 e. The standard InChI is InChI=1S/C13H17N3O2S/c1-2-18-10-4-5-11(15)12(8-10)19-9-13(17)16-7-3-6-14/h4-5,8H,2-3,7,9,15H2,1H3,(H,16,17). The molecule has 1 rings (SSSR count). The van der Waals surface area contributed by atoms with Crippen molar-refractivity contribution in [2.45, 2.75) is 18.2 Å². The van der Waals surface area contributed by atoms with Gasteiger partial charge in [-0.25, -0.2) is 0 Å². The van der Waals surface area contributed by atoms with Crippen LogP contribution in [0.2, 0.25) is 0 Å². The smallest absolute Gasteiger partial charge is 0.230 e. The number of carbonyl (C=O) groups is 1. The fourth-order valence-electron chi connectivity index (χ4n) is 1.35. The maximum absolute atomic E-state index is 11.5. The third kappa shape index (κ3) is 5.53. The van der Waals surface area contributed by atoms with Crippen molar-refractivity contribution in [1.82, 2.24) is 5.32 Å². The molecular formula is C13H17N3O2S. The summed E-state index contributed by atoms with van der Waals surface area (Å²) < 4.78 is 5.38. The fraction of sp³-hybridized carbons (Fsp3) is 0.385. The molecule has 1 amide bonds. The summed E-state index contributed by atoms with van der Waals surface area (Å²) >= 11 is 1.35. The molecule has 0 aromatic heterocycles. The molecule has 0 aliphatic heterocycles. The van der Waals surface area contributed by atoms with Crippen LogP contribution in [0, 0.1) is 11.3 Å². The van der Waals surface area contributed by atoms with Crippen LogP contribution in [-0.4, -0.2) is 24.8 Å². The molecule has 6 heteroatoms. The lowest BCUT2D eigenvalue weighted by Gasteiger charge is -2.09. The van der Waals surface area contributed by atoms with Crippen molar-refractivity contribution in [3.05, 3.63) is 18.2 Å². The summed E-state index contributed by atoms with van der Waals surface area (Å²) in [6, 6.07) is 7.36. The van der Waals surface area contributed by atoms with Crippen LogP contribution in [0.3, 0.4) is 0 Å². The molecule has 1 aromatic carbocycles. The molecule has 0 unspecified atom stereocenters. The minimum absolute atomic E-state index is 0.110. The highest BCUT2D eigenvalue weighted by molar-refractivity contribution is 8.00. The van der Waals surface area contributed by atoms with Gasteiger partial charge < -0.3 is 15.8 Å². The van der Waals surface area contributed by atoms with Gasteiger partial charge in [-0.1, -0.05) is 0 Å². The van der Waals surface area contributed by atoms with Gasteiger partial charge in [0.15, 0.2) is 0 Å². The number of nitrogens with zero attached hydrogens (tertiary/aromatic N) is 1. The topological polar surface area (TPSA) is 88.1 Å². The number of hydrogen-bond acceptors (Lipinski definition) is 5. The number of carbonyl (C=O) groups excluding carboxylic acids is 1. The number of ether oxygens (including phenoxy) is 1. The minimum atomic E-state index is -0.110. The van der Waals surface area contributed by atoms with Crippen molar-refractivity contribution in [2.75, 3.05) is 24.6 Å². The molecule has 102 valence electrons. The van der Waals surface area contributed by atoms with Gasteiger partial charge in [-0.15, -0.1) is 11.8 Å². The molecule has 0 atom stereocenters. The summed E-state index contributed by atoms with van der Waals surface area (Å²) in [6.45, 7) is 2.87. The van der Waals surface area contributed by atoms with E-state index in [9.17, 15) is 4.79 Å². The zero-order chi connectivity index (χ0) is 14.1. The number of anilines is 1. The van der Waals surface area contributed by atoms with E-state index in [0.717, 1.165) is 10.6 Å². The van der Waals surface area contributed by atoms with Crippen LogP contribution in [0.1, 0.15) is 13.3 Å². The summed E-state index contributed by atoms with van der Waals surface area (Å²) in [5.41, 5.74) is 6.47. The summed E-state index contributed by atoms with van der Waals surface area (Å²) in [6.07, 6.45) is 0.318. The first-order chi connectivity index (χ1) is 9.17. The third-order valence-corrected chi connectivity index (χ3v) is 3.28. The second kappa shape index (κ2) is 8.27. The Labute approximate surface area is 117 Å². The predicted octanol–water partition coefficient (Wildman–Crippen LogP) is 1.79. The zero-order valence-corrected chi connectivity index (χ0v) is 11.6. The van der Waals surface area contributed by atoms with E-state index < -0.39 is 0 Å². The average Bonchev–Trinajstić information content (AvgIpc) is 2.40. The normalized spacial score (nSPS) is 9.68. The summed E-state index contributed by atoms with van der Waals surface area (Å²) in [4.78, 5) is 12.3. The Bertz CT molecular complexity index is 471. The lowest BCUT2D eigenvalue weighted by atomic mass is 10.3. The largest absolute Gasteiger partial charge is 0.494 e. The van der Waals surface area contributed by atoms with Gasteiger partial charge in [0.2, 0.25) is 5.91 Å². The number of nitrogens with two attached hydrogens (primary N) is 1. The monoisotopic (exact) mass is 279 g/mol. The molecule has 0 spiro atoms. The van der Waals surface area contributed by atoms with Gasteiger partial charge in [-0.3, -0.25) is 4.79 Å². The van der Waals surface area contributed by atoms with Crippen molar-refractivity contribution < 1.29 is 9.53 Å². The molecule has 3 N–H and O–H groups in total. The molecule has 0 radical (unpaired) electrons. The summed E-state index contributed by atoms with van der Waals surface area (Å²) in [5.74, 6) is 0.899. The van der Waals surface area contributed by atoms with Crippen molar-refractivity contribution in [2.24, 2.45) is 0 Å².